The highest BCUT2D eigenvalue weighted by Gasteiger charge is 2.43. The number of carbonyl (C=O) groups excluding carboxylic acids is 2. The van der Waals surface area contributed by atoms with Gasteiger partial charge in [-0.3, -0.25) is 14.5 Å². The summed E-state index contributed by atoms with van der Waals surface area (Å²) in [4.78, 5) is 31.7. The summed E-state index contributed by atoms with van der Waals surface area (Å²) < 4.78 is 10.6. The number of hydrogen-bond acceptors (Lipinski definition) is 6. The van der Waals surface area contributed by atoms with Gasteiger partial charge in [0.1, 0.15) is 11.5 Å². The molecule has 158 valence electrons. The molecule has 2 fully saturated rings. The molecule has 7 nitrogen and oxygen atoms in total. The molecule has 0 bridgehead atoms. The Kier molecular flexibility index (Phi) is 5.63. The highest BCUT2D eigenvalue weighted by molar-refractivity contribution is 6.22. The predicted molar refractivity (Wildman–Crippen MR) is 115 cm³/mol. The standard InChI is InChI=1S/C23H27N3O4/c1-16-7-8-19(30-3)14-20(16)26-22(27)15-21(23(26)28)25-11-9-24(10-12-25)17-5-4-6-18(13-17)29-2/h4-8,13-14,21H,9-12,15H2,1-3H3/t21-/m1/s1. The Morgan fingerprint density at radius 2 is 1.60 bits per heavy atom. The number of carbonyl (C=O) groups is 2. The fourth-order valence-electron chi connectivity index (χ4n) is 4.21. The molecule has 0 aliphatic carbocycles. The first-order chi connectivity index (χ1) is 14.5. The number of nitrogens with zero attached hydrogens (tertiary/aromatic N) is 3. The minimum atomic E-state index is -0.407. The molecule has 0 unspecified atom stereocenters. The van der Waals surface area contributed by atoms with Crippen molar-refractivity contribution < 1.29 is 19.1 Å². The Balaban J connectivity index is 1.46. The zero-order valence-electron chi connectivity index (χ0n) is 17.6. The van der Waals surface area contributed by atoms with E-state index in [4.69, 9.17) is 9.47 Å². The number of amides is 2. The molecule has 30 heavy (non-hydrogen) atoms. The monoisotopic (exact) mass is 409 g/mol. The van der Waals surface area contributed by atoms with Crippen molar-refractivity contribution in [3.05, 3.63) is 48.0 Å². The van der Waals surface area contributed by atoms with Crippen LogP contribution in [0, 0.1) is 6.92 Å². The van der Waals surface area contributed by atoms with Crippen LogP contribution in [0.1, 0.15) is 12.0 Å². The van der Waals surface area contributed by atoms with E-state index in [0.29, 0.717) is 11.4 Å². The van der Waals surface area contributed by atoms with Gasteiger partial charge in [-0.15, -0.1) is 0 Å². The number of aryl methyl sites for hydroxylation is 1. The Bertz CT molecular complexity index is 953. The summed E-state index contributed by atoms with van der Waals surface area (Å²) in [6.07, 6.45) is 0.217. The summed E-state index contributed by atoms with van der Waals surface area (Å²) in [5, 5.41) is 0. The van der Waals surface area contributed by atoms with Crippen LogP contribution in [0.5, 0.6) is 11.5 Å². The third-order valence-electron chi connectivity index (χ3n) is 5.95. The zero-order chi connectivity index (χ0) is 21.3. The maximum absolute atomic E-state index is 13.2. The second-order valence-electron chi connectivity index (χ2n) is 7.66. The molecule has 0 radical (unpaired) electrons. The normalized spacial score (nSPS) is 20.0. The van der Waals surface area contributed by atoms with E-state index in [1.165, 1.54) is 4.90 Å². The van der Waals surface area contributed by atoms with E-state index >= 15 is 0 Å². The minimum Gasteiger partial charge on any atom is -0.497 e. The van der Waals surface area contributed by atoms with Crippen LogP contribution < -0.4 is 19.3 Å². The van der Waals surface area contributed by atoms with Gasteiger partial charge in [-0.25, -0.2) is 4.90 Å². The van der Waals surface area contributed by atoms with Gasteiger partial charge >= 0.3 is 0 Å². The molecule has 7 heteroatoms. The molecule has 2 aliphatic heterocycles. The van der Waals surface area contributed by atoms with Gasteiger partial charge in [0.15, 0.2) is 0 Å². The number of rotatable bonds is 5. The summed E-state index contributed by atoms with van der Waals surface area (Å²) in [6, 6.07) is 13.0. The summed E-state index contributed by atoms with van der Waals surface area (Å²) in [5.41, 5.74) is 2.60. The molecule has 0 saturated carbocycles. The maximum Gasteiger partial charge on any atom is 0.251 e. The van der Waals surface area contributed by atoms with Crippen LogP contribution in [0.4, 0.5) is 11.4 Å². The van der Waals surface area contributed by atoms with Gasteiger partial charge in [0, 0.05) is 44.0 Å². The molecule has 2 heterocycles. The van der Waals surface area contributed by atoms with Crippen LogP contribution in [0.15, 0.2) is 42.5 Å². The SMILES string of the molecule is COc1cccc(N2CCN([C@@H]3CC(=O)N(c4cc(OC)ccc4C)C3=O)CC2)c1. The Morgan fingerprint density at radius 3 is 2.30 bits per heavy atom. The first-order valence-electron chi connectivity index (χ1n) is 10.2. The quantitative estimate of drug-likeness (QED) is 0.707. The lowest BCUT2D eigenvalue weighted by atomic mass is 10.1. The lowest BCUT2D eigenvalue weighted by Gasteiger charge is -2.38. The molecule has 2 aromatic carbocycles. The number of ether oxygens (including phenoxy) is 2. The Morgan fingerprint density at radius 1 is 0.900 bits per heavy atom. The molecule has 1 atom stereocenters. The van der Waals surface area contributed by atoms with E-state index in [1.54, 1.807) is 20.3 Å². The van der Waals surface area contributed by atoms with Gasteiger partial charge in [0.05, 0.1) is 32.4 Å². The van der Waals surface area contributed by atoms with Gasteiger partial charge in [-0.2, -0.15) is 0 Å². The fraction of sp³-hybridized carbons (Fsp3) is 0.391. The van der Waals surface area contributed by atoms with E-state index in [1.807, 2.05) is 37.3 Å². The summed E-state index contributed by atoms with van der Waals surface area (Å²) in [6.45, 7) is 4.94. The highest BCUT2D eigenvalue weighted by Crippen LogP contribution is 2.32. The smallest absolute Gasteiger partial charge is 0.251 e. The molecule has 2 aromatic rings. The van der Waals surface area contributed by atoms with E-state index in [-0.39, 0.29) is 18.2 Å². The fourth-order valence-corrected chi connectivity index (χ4v) is 4.21. The first kappa shape index (κ1) is 20.2. The lowest BCUT2D eigenvalue weighted by Crippen LogP contribution is -2.52. The van der Waals surface area contributed by atoms with Crippen LogP contribution in [0.25, 0.3) is 0 Å². The molecular formula is C23H27N3O4. The molecule has 0 spiro atoms. The van der Waals surface area contributed by atoms with E-state index in [9.17, 15) is 9.59 Å². The van der Waals surface area contributed by atoms with Gasteiger partial charge in [0.2, 0.25) is 5.91 Å². The molecule has 0 N–H and O–H groups in total. The third kappa shape index (κ3) is 3.73. The van der Waals surface area contributed by atoms with Crippen LogP contribution in [0.3, 0.4) is 0 Å². The number of methoxy groups -OCH3 is 2. The van der Waals surface area contributed by atoms with Gasteiger partial charge in [-0.1, -0.05) is 12.1 Å². The third-order valence-corrected chi connectivity index (χ3v) is 5.95. The van der Waals surface area contributed by atoms with Crippen molar-refractivity contribution >= 4 is 23.2 Å². The molecule has 2 amide bonds. The van der Waals surface area contributed by atoms with Gasteiger partial charge < -0.3 is 14.4 Å². The second kappa shape index (κ2) is 8.36. The largest absolute Gasteiger partial charge is 0.497 e. The number of hydrogen-bond donors (Lipinski definition) is 0. The van der Waals surface area contributed by atoms with Crippen molar-refractivity contribution in [1.29, 1.82) is 0 Å². The zero-order valence-corrected chi connectivity index (χ0v) is 17.6. The Labute approximate surface area is 176 Å². The highest BCUT2D eigenvalue weighted by atomic mass is 16.5. The average Bonchev–Trinajstić information content (AvgIpc) is 3.08. The van der Waals surface area contributed by atoms with Gasteiger partial charge in [-0.05, 0) is 30.7 Å². The van der Waals surface area contributed by atoms with Gasteiger partial charge in [0.25, 0.3) is 5.91 Å². The average molecular weight is 409 g/mol. The van der Waals surface area contributed by atoms with Crippen molar-refractivity contribution in [3.8, 4) is 11.5 Å². The molecule has 4 rings (SSSR count). The lowest BCUT2D eigenvalue weighted by molar-refractivity contribution is -0.123. The van der Waals surface area contributed by atoms with Crippen molar-refractivity contribution in [2.24, 2.45) is 0 Å². The van der Waals surface area contributed by atoms with Crippen molar-refractivity contribution in [3.63, 3.8) is 0 Å². The summed E-state index contributed by atoms with van der Waals surface area (Å²) >= 11 is 0. The van der Waals surface area contributed by atoms with Crippen LogP contribution in [0.2, 0.25) is 0 Å². The first-order valence-corrected chi connectivity index (χ1v) is 10.2. The van der Waals surface area contributed by atoms with E-state index in [0.717, 1.165) is 43.2 Å². The topological polar surface area (TPSA) is 62.3 Å². The molecular weight excluding hydrogens is 382 g/mol. The van der Waals surface area contributed by atoms with E-state index in [2.05, 4.69) is 15.9 Å². The van der Waals surface area contributed by atoms with Crippen LogP contribution >= 0.6 is 0 Å². The van der Waals surface area contributed by atoms with Crippen molar-refractivity contribution in [1.82, 2.24) is 4.90 Å². The second-order valence-corrected chi connectivity index (χ2v) is 7.66. The minimum absolute atomic E-state index is 0.147. The predicted octanol–water partition coefficient (Wildman–Crippen LogP) is 2.47. The van der Waals surface area contributed by atoms with Crippen LogP contribution in [-0.2, 0) is 9.59 Å². The van der Waals surface area contributed by atoms with Crippen molar-refractivity contribution in [2.45, 2.75) is 19.4 Å². The molecule has 2 aliphatic rings. The summed E-state index contributed by atoms with van der Waals surface area (Å²) in [7, 11) is 3.24. The summed E-state index contributed by atoms with van der Waals surface area (Å²) in [5.74, 6) is 1.16. The number of benzene rings is 2. The number of piperazine rings is 1. The maximum atomic E-state index is 13.2. The number of imide groups is 1. The van der Waals surface area contributed by atoms with Crippen molar-refractivity contribution in [2.75, 3.05) is 50.2 Å². The Hall–Kier alpha value is -3.06. The van der Waals surface area contributed by atoms with Crippen LogP contribution in [-0.4, -0.2) is 63.2 Å². The number of anilines is 2. The molecule has 0 aromatic heterocycles. The van der Waals surface area contributed by atoms with E-state index < -0.39 is 6.04 Å². The molecule has 2 saturated heterocycles.